The van der Waals surface area contributed by atoms with Gasteiger partial charge in [-0.2, -0.15) is 0 Å². The highest BCUT2D eigenvalue weighted by atomic mass is 16.4. The molecular formula is C21H35N3O7. The molecule has 10 N–H and O–H groups in total. The molecular weight excluding hydrogens is 406 g/mol. The van der Waals surface area contributed by atoms with Crippen molar-refractivity contribution >= 4 is 17.8 Å². The SMILES string of the molecule is NCCCC[C@H](N)C(=O)N1CCC[C@]1(C(=O)O)[C@H](CCc1ccccc1)C(=O)O.O.O. The maximum atomic E-state index is 13.0. The lowest BCUT2D eigenvalue weighted by atomic mass is 9.77. The van der Waals surface area contributed by atoms with E-state index in [4.69, 9.17) is 11.5 Å². The quantitative estimate of drug-likeness (QED) is 0.332. The van der Waals surface area contributed by atoms with Crippen LogP contribution in [0.4, 0.5) is 0 Å². The fraction of sp³-hybridized carbons (Fsp3) is 0.571. The number of aliphatic carboxylic acids is 2. The largest absolute Gasteiger partial charge is 0.481 e. The van der Waals surface area contributed by atoms with E-state index in [-0.39, 0.29) is 30.3 Å². The number of hydrogen-bond acceptors (Lipinski definition) is 5. The second kappa shape index (κ2) is 13.0. The van der Waals surface area contributed by atoms with Gasteiger partial charge in [0.05, 0.1) is 12.0 Å². The fourth-order valence-corrected chi connectivity index (χ4v) is 4.24. The van der Waals surface area contributed by atoms with E-state index >= 15 is 0 Å². The van der Waals surface area contributed by atoms with E-state index in [2.05, 4.69) is 0 Å². The van der Waals surface area contributed by atoms with Gasteiger partial charge in [0, 0.05) is 6.54 Å². The molecule has 0 spiro atoms. The van der Waals surface area contributed by atoms with Gasteiger partial charge in [-0.1, -0.05) is 36.8 Å². The van der Waals surface area contributed by atoms with Crippen LogP contribution < -0.4 is 11.5 Å². The third kappa shape index (κ3) is 6.47. The molecule has 1 aliphatic heterocycles. The predicted octanol–water partition coefficient (Wildman–Crippen LogP) is -0.427. The molecule has 0 bridgehead atoms. The third-order valence-corrected chi connectivity index (χ3v) is 5.78. The molecule has 1 aromatic rings. The van der Waals surface area contributed by atoms with E-state index in [1.807, 2.05) is 30.3 Å². The van der Waals surface area contributed by atoms with Gasteiger partial charge in [-0.05, 0) is 50.6 Å². The molecule has 0 unspecified atom stereocenters. The van der Waals surface area contributed by atoms with Crippen LogP contribution in [0.25, 0.3) is 0 Å². The molecule has 0 aromatic heterocycles. The summed E-state index contributed by atoms with van der Waals surface area (Å²) < 4.78 is 0. The number of carbonyl (C=O) groups is 3. The van der Waals surface area contributed by atoms with Crippen LogP contribution >= 0.6 is 0 Å². The van der Waals surface area contributed by atoms with E-state index in [0.29, 0.717) is 32.2 Å². The highest BCUT2D eigenvalue weighted by Crippen LogP contribution is 2.39. The molecule has 1 aliphatic rings. The van der Waals surface area contributed by atoms with Crippen molar-refractivity contribution in [3.05, 3.63) is 35.9 Å². The second-order valence-electron chi connectivity index (χ2n) is 7.63. The van der Waals surface area contributed by atoms with Crippen LogP contribution in [0, 0.1) is 5.92 Å². The first-order chi connectivity index (χ1) is 13.8. The number of hydrogen-bond donors (Lipinski definition) is 4. The zero-order chi connectivity index (χ0) is 21.4. The Kier molecular flexibility index (Phi) is 11.9. The summed E-state index contributed by atoms with van der Waals surface area (Å²) in [6, 6.07) is 8.45. The minimum atomic E-state index is -1.77. The number of carboxylic acid groups (broad SMARTS) is 2. The fourth-order valence-electron chi connectivity index (χ4n) is 4.24. The maximum Gasteiger partial charge on any atom is 0.330 e. The predicted molar refractivity (Wildman–Crippen MR) is 115 cm³/mol. The van der Waals surface area contributed by atoms with Crippen molar-refractivity contribution < 1.29 is 35.5 Å². The van der Waals surface area contributed by atoms with E-state index in [9.17, 15) is 24.6 Å². The van der Waals surface area contributed by atoms with Gasteiger partial charge in [0.15, 0.2) is 5.54 Å². The van der Waals surface area contributed by atoms with Crippen LogP contribution in [-0.2, 0) is 20.8 Å². The molecule has 1 amide bonds. The lowest BCUT2D eigenvalue weighted by Gasteiger charge is -2.40. The van der Waals surface area contributed by atoms with Gasteiger partial charge in [-0.15, -0.1) is 0 Å². The van der Waals surface area contributed by atoms with Crippen molar-refractivity contribution in [1.29, 1.82) is 0 Å². The first-order valence-electron chi connectivity index (χ1n) is 10.1. The Morgan fingerprint density at radius 2 is 1.71 bits per heavy atom. The summed E-state index contributed by atoms with van der Waals surface area (Å²) in [5, 5.41) is 20.0. The Hall–Kier alpha value is -2.53. The Bertz CT molecular complexity index is 716. The number of amides is 1. The summed E-state index contributed by atoms with van der Waals surface area (Å²) in [4.78, 5) is 38.7. The Morgan fingerprint density at radius 1 is 1.06 bits per heavy atom. The topological polar surface area (TPSA) is 210 Å². The molecule has 1 aromatic carbocycles. The van der Waals surface area contributed by atoms with E-state index in [1.54, 1.807) is 0 Å². The minimum Gasteiger partial charge on any atom is -0.481 e. The summed E-state index contributed by atoms with van der Waals surface area (Å²) >= 11 is 0. The van der Waals surface area contributed by atoms with Crippen molar-refractivity contribution in [2.75, 3.05) is 13.1 Å². The second-order valence-corrected chi connectivity index (χ2v) is 7.63. The molecule has 10 nitrogen and oxygen atoms in total. The van der Waals surface area contributed by atoms with Gasteiger partial charge in [-0.3, -0.25) is 9.59 Å². The molecule has 3 atom stereocenters. The third-order valence-electron chi connectivity index (χ3n) is 5.78. The molecule has 0 radical (unpaired) electrons. The summed E-state index contributed by atoms with van der Waals surface area (Å²) in [6.07, 6.45) is 2.85. The smallest absolute Gasteiger partial charge is 0.330 e. The number of nitrogens with zero attached hydrogens (tertiary/aromatic N) is 1. The molecule has 1 heterocycles. The lowest BCUT2D eigenvalue weighted by Crippen LogP contribution is -2.62. The molecule has 1 saturated heterocycles. The number of aryl methyl sites for hydroxylation is 1. The average molecular weight is 442 g/mol. The van der Waals surface area contributed by atoms with Gasteiger partial charge in [0.25, 0.3) is 0 Å². The number of rotatable bonds is 11. The van der Waals surface area contributed by atoms with E-state index in [1.165, 1.54) is 4.90 Å². The molecule has 10 heteroatoms. The normalized spacial score (nSPS) is 19.6. The molecule has 176 valence electrons. The summed E-state index contributed by atoms with van der Waals surface area (Å²) in [6.45, 7) is 0.690. The van der Waals surface area contributed by atoms with E-state index < -0.39 is 35.3 Å². The standard InChI is InChI=1S/C21H31N3O5.2H2O/c22-13-5-4-9-17(23)18(25)24-14-6-12-21(24,20(28)29)16(19(26)27)11-10-15-7-2-1-3-8-15;;/h1-3,7-8,16-17H,4-6,9-14,22-23H2,(H,26,27)(H,28,29);2*1H2/t16-,17+,21-;;/m1../s1. The van der Waals surface area contributed by atoms with Gasteiger partial charge in [0.1, 0.15) is 0 Å². The summed E-state index contributed by atoms with van der Waals surface area (Å²) in [5.74, 6) is -4.20. The molecule has 31 heavy (non-hydrogen) atoms. The van der Waals surface area contributed by atoms with Crippen LogP contribution in [0.15, 0.2) is 30.3 Å². The maximum absolute atomic E-state index is 13.0. The summed E-state index contributed by atoms with van der Waals surface area (Å²) in [7, 11) is 0. The number of likely N-dealkylation sites (tertiary alicyclic amines) is 1. The van der Waals surface area contributed by atoms with Crippen molar-refractivity contribution in [1.82, 2.24) is 4.90 Å². The van der Waals surface area contributed by atoms with Gasteiger partial charge in [0.2, 0.25) is 5.91 Å². The average Bonchev–Trinajstić information content (AvgIpc) is 3.14. The van der Waals surface area contributed by atoms with Crippen molar-refractivity contribution in [2.45, 2.75) is 56.5 Å². The van der Waals surface area contributed by atoms with Crippen LogP contribution in [0.5, 0.6) is 0 Å². The zero-order valence-electron chi connectivity index (χ0n) is 17.6. The minimum absolute atomic E-state index is 0. The number of benzene rings is 1. The first-order valence-corrected chi connectivity index (χ1v) is 10.1. The monoisotopic (exact) mass is 441 g/mol. The Labute approximate surface area is 181 Å². The Balaban J connectivity index is 0.00000450. The molecule has 0 saturated carbocycles. The van der Waals surface area contributed by atoms with Crippen molar-refractivity contribution in [3.8, 4) is 0 Å². The highest BCUT2D eigenvalue weighted by molar-refractivity contribution is 5.94. The zero-order valence-corrected chi connectivity index (χ0v) is 17.6. The van der Waals surface area contributed by atoms with Crippen molar-refractivity contribution in [3.63, 3.8) is 0 Å². The van der Waals surface area contributed by atoms with Crippen LogP contribution in [0.1, 0.15) is 44.1 Å². The summed E-state index contributed by atoms with van der Waals surface area (Å²) in [5.41, 5.74) is 10.6. The number of carbonyl (C=O) groups excluding carboxylic acids is 1. The molecule has 1 fully saturated rings. The molecule has 0 aliphatic carbocycles. The molecule has 2 rings (SSSR count). The van der Waals surface area contributed by atoms with Crippen molar-refractivity contribution in [2.24, 2.45) is 17.4 Å². The number of nitrogens with two attached hydrogens (primary N) is 2. The van der Waals surface area contributed by atoms with Gasteiger partial charge < -0.3 is 37.5 Å². The Morgan fingerprint density at radius 3 is 2.26 bits per heavy atom. The first kappa shape index (κ1) is 28.5. The van der Waals surface area contributed by atoms with Gasteiger partial charge in [-0.25, -0.2) is 4.79 Å². The van der Waals surface area contributed by atoms with Crippen LogP contribution in [0.3, 0.4) is 0 Å². The van der Waals surface area contributed by atoms with E-state index in [0.717, 1.165) is 12.0 Å². The number of carboxylic acids is 2. The lowest BCUT2D eigenvalue weighted by molar-refractivity contribution is -0.168. The van der Waals surface area contributed by atoms with Gasteiger partial charge >= 0.3 is 11.9 Å². The number of unbranched alkanes of at least 4 members (excludes halogenated alkanes) is 1. The van der Waals surface area contributed by atoms with Crippen LogP contribution in [0.2, 0.25) is 0 Å². The highest BCUT2D eigenvalue weighted by Gasteiger charge is 2.58. The van der Waals surface area contributed by atoms with Crippen LogP contribution in [-0.4, -0.2) is 68.6 Å².